The van der Waals surface area contributed by atoms with Gasteiger partial charge in [0.05, 0.1) is 0 Å². The van der Waals surface area contributed by atoms with Gasteiger partial charge in [0.15, 0.2) is 0 Å². The number of carbonyl (C=O) groups is 2. The van der Waals surface area contributed by atoms with Crippen LogP contribution in [-0.4, -0.2) is 55.0 Å². The van der Waals surface area contributed by atoms with Crippen LogP contribution >= 0.6 is 0 Å². The molecule has 1 rings (SSSR count). The molecule has 0 heterocycles. The normalized spacial score (nSPS) is 10.5. The number of nitrogens with one attached hydrogen (secondary N) is 1. The molecular formula is C16H25N3O3. The van der Waals surface area contributed by atoms with Crippen LogP contribution in [0.15, 0.2) is 24.3 Å². The molecule has 2 amide bonds. The Bertz CT molecular complexity index is 484. The molecule has 122 valence electrons. The molecule has 0 spiro atoms. The first-order chi connectivity index (χ1) is 10.5. The number of anilines is 1. The van der Waals surface area contributed by atoms with Gasteiger partial charge in [-0.15, -0.1) is 0 Å². The second-order valence-electron chi connectivity index (χ2n) is 5.02. The summed E-state index contributed by atoms with van der Waals surface area (Å²) in [4.78, 5) is 27.4. The highest BCUT2D eigenvalue weighted by molar-refractivity contribution is 6.40. The van der Waals surface area contributed by atoms with Crippen LogP contribution in [0.4, 0.5) is 5.69 Å². The van der Waals surface area contributed by atoms with Gasteiger partial charge >= 0.3 is 11.8 Å². The average molecular weight is 307 g/mol. The highest BCUT2D eigenvalue weighted by Gasteiger charge is 2.19. The Morgan fingerprint density at radius 2 is 1.73 bits per heavy atom. The van der Waals surface area contributed by atoms with Gasteiger partial charge in [0.2, 0.25) is 0 Å². The van der Waals surface area contributed by atoms with E-state index in [1.807, 2.05) is 0 Å². The van der Waals surface area contributed by atoms with Gasteiger partial charge in [-0.1, -0.05) is 13.8 Å². The third kappa shape index (κ3) is 5.37. The number of amides is 2. The zero-order valence-electron chi connectivity index (χ0n) is 13.5. The molecule has 0 saturated heterocycles. The van der Waals surface area contributed by atoms with E-state index in [2.05, 4.69) is 24.1 Å². The number of carbonyl (C=O) groups excluding carboxylic acids is 2. The number of rotatable bonds is 7. The topological polar surface area (TPSA) is 72.9 Å². The molecule has 0 fully saturated rings. The molecule has 0 aromatic heterocycles. The monoisotopic (exact) mass is 307 g/mol. The van der Waals surface area contributed by atoms with Gasteiger partial charge in [0.1, 0.15) is 5.75 Å². The van der Waals surface area contributed by atoms with Gasteiger partial charge in [-0.3, -0.25) is 9.59 Å². The third-order valence-electron chi connectivity index (χ3n) is 3.57. The number of aromatic hydroxyl groups is 1. The predicted molar refractivity (Wildman–Crippen MR) is 86.9 cm³/mol. The highest BCUT2D eigenvalue weighted by Crippen LogP contribution is 2.17. The van der Waals surface area contributed by atoms with E-state index in [1.165, 1.54) is 24.1 Å². The largest absolute Gasteiger partial charge is 0.508 e. The smallest absolute Gasteiger partial charge is 0.316 e. The van der Waals surface area contributed by atoms with E-state index in [1.54, 1.807) is 12.1 Å². The minimum absolute atomic E-state index is 0.116. The number of benzene rings is 1. The van der Waals surface area contributed by atoms with Crippen LogP contribution in [0, 0.1) is 0 Å². The van der Waals surface area contributed by atoms with E-state index in [0.29, 0.717) is 12.2 Å². The van der Waals surface area contributed by atoms with E-state index in [9.17, 15) is 14.7 Å². The average Bonchev–Trinajstić information content (AvgIpc) is 2.54. The predicted octanol–water partition coefficient (Wildman–Crippen LogP) is 1.20. The molecule has 0 radical (unpaired) electrons. The summed E-state index contributed by atoms with van der Waals surface area (Å²) in [5, 5.41) is 11.9. The molecule has 0 saturated carbocycles. The molecular weight excluding hydrogens is 282 g/mol. The summed E-state index contributed by atoms with van der Waals surface area (Å²) in [5.41, 5.74) is 0.557. The van der Waals surface area contributed by atoms with Crippen molar-refractivity contribution in [1.82, 2.24) is 10.2 Å². The third-order valence-corrected chi connectivity index (χ3v) is 3.57. The second-order valence-corrected chi connectivity index (χ2v) is 5.02. The van der Waals surface area contributed by atoms with Crippen molar-refractivity contribution in [1.29, 1.82) is 0 Å². The second kappa shape index (κ2) is 9.04. The molecule has 6 nitrogen and oxygen atoms in total. The fourth-order valence-electron chi connectivity index (χ4n) is 2.07. The minimum atomic E-state index is -0.617. The zero-order valence-corrected chi connectivity index (χ0v) is 13.5. The SMILES string of the molecule is CCN(CC)CCCNC(=O)C(=O)N(C)c1ccc(O)cc1. The summed E-state index contributed by atoms with van der Waals surface area (Å²) in [5.74, 6) is -1.12. The van der Waals surface area contributed by atoms with Gasteiger partial charge in [-0.25, -0.2) is 0 Å². The highest BCUT2D eigenvalue weighted by atomic mass is 16.3. The van der Waals surface area contributed by atoms with Crippen molar-refractivity contribution in [3.05, 3.63) is 24.3 Å². The number of hydrogen-bond donors (Lipinski definition) is 2. The summed E-state index contributed by atoms with van der Waals surface area (Å²) < 4.78 is 0. The maximum Gasteiger partial charge on any atom is 0.316 e. The van der Waals surface area contributed by atoms with Gasteiger partial charge in [-0.05, 0) is 50.3 Å². The van der Waals surface area contributed by atoms with Crippen molar-refractivity contribution < 1.29 is 14.7 Å². The molecule has 0 unspecified atom stereocenters. The van der Waals surface area contributed by atoms with Crippen LogP contribution in [-0.2, 0) is 9.59 Å². The molecule has 0 aliphatic rings. The van der Waals surface area contributed by atoms with Crippen LogP contribution in [0.5, 0.6) is 5.75 Å². The van der Waals surface area contributed by atoms with Crippen LogP contribution in [0.2, 0.25) is 0 Å². The number of phenols is 1. The maximum absolute atomic E-state index is 12.0. The first kappa shape index (κ1) is 18.0. The first-order valence-corrected chi connectivity index (χ1v) is 7.56. The Kier molecular flexibility index (Phi) is 7.39. The number of likely N-dealkylation sites (N-methyl/N-ethyl adjacent to an activating group) is 1. The van der Waals surface area contributed by atoms with Gasteiger partial charge in [0, 0.05) is 19.3 Å². The fourth-order valence-corrected chi connectivity index (χ4v) is 2.07. The molecule has 6 heteroatoms. The lowest BCUT2D eigenvalue weighted by Gasteiger charge is -2.19. The van der Waals surface area contributed by atoms with Crippen molar-refractivity contribution in [3.8, 4) is 5.75 Å². The summed E-state index contributed by atoms with van der Waals surface area (Å²) in [6, 6.07) is 6.12. The lowest BCUT2D eigenvalue weighted by molar-refractivity contribution is -0.137. The molecule has 0 bridgehead atoms. The fraction of sp³-hybridized carbons (Fsp3) is 0.500. The maximum atomic E-state index is 12.0. The molecule has 0 aliphatic carbocycles. The zero-order chi connectivity index (χ0) is 16.5. The molecule has 22 heavy (non-hydrogen) atoms. The summed E-state index contributed by atoms with van der Waals surface area (Å²) in [7, 11) is 1.53. The molecule has 0 aliphatic heterocycles. The summed E-state index contributed by atoms with van der Waals surface area (Å²) in [6.07, 6.45) is 0.809. The van der Waals surface area contributed by atoms with Crippen molar-refractivity contribution in [3.63, 3.8) is 0 Å². The van der Waals surface area contributed by atoms with E-state index in [4.69, 9.17) is 0 Å². The molecule has 1 aromatic rings. The van der Waals surface area contributed by atoms with Gasteiger partial charge < -0.3 is 20.2 Å². The minimum Gasteiger partial charge on any atom is -0.508 e. The van der Waals surface area contributed by atoms with Crippen LogP contribution in [0.3, 0.4) is 0 Å². The lowest BCUT2D eigenvalue weighted by atomic mass is 10.2. The van der Waals surface area contributed by atoms with Crippen molar-refractivity contribution >= 4 is 17.5 Å². The quantitative estimate of drug-likeness (QED) is 0.586. The van der Waals surface area contributed by atoms with Gasteiger partial charge in [0.25, 0.3) is 0 Å². The Balaban J connectivity index is 2.41. The van der Waals surface area contributed by atoms with Crippen LogP contribution < -0.4 is 10.2 Å². The van der Waals surface area contributed by atoms with Crippen molar-refractivity contribution in [2.45, 2.75) is 20.3 Å². The Hall–Kier alpha value is -2.08. The standard InChI is InChI=1S/C16H25N3O3/c1-4-19(5-2)12-6-11-17-15(21)16(22)18(3)13-7-9-14(20)10-8-13/h7-10,20H,4-6,11-12H2,1-3H3,(H,17,21). The number of phenolic OH excluding ortho intramolecular Hbond substituents is 1. The van der Waals surface area contributed by atoms with E-state index in [0.717, 1.165) is 26.1 Å². The van der Waals surface area contributed by atoms with E-state index >= 15 is 0 Å². The van der Waals surface area contributed by atoms with E-state index < -0.39 is 11.8 Å². The molecule has 1 aromatic carbocycles. The summed E-state index contributed by atoms with van der Waals surface area (Å²) in [6.45, 7) is 7.52. The van der Waals surface area contributed by atoms with Crippen molar-refractivity contribution in [2.24, 2.45) is 0 Å². The molecule has 2 N–H and O–H groups in total. The lowest BCUT2D eigenvalue weighted by Crippen LogP contribution is -2.42. The summed E-state index contributed by atoms with van der Waals surface area (Å²) >= 11 is 0. The Labute approximate surface area is 131 Å². The number of nitrogens with zero attached hydrogens (tertiary/aromatic N) is 2. The molecule has 0 atom stereocenters. The first-order valence-electron chi connectivity index (χ1n) is 7.56. The van der Waals surface area contributed by atoms with Gasteiger partial charge in [-0.2, -0.15) is 0 Å². The number of hydrogen-bond acceptors (Lipinski definition) is 4. The Morgan fingerprint density at radius 3 is 2.27 bits per heavy atom. The van der Waals surface area contributed by atoms with E-state index in [-0.39, 0.29) is 5.75 Å². The van der Waals surface area contributed by atoms with Crippen molar-refractivity contribution in [2.75, 3.05) is 38.1 Å². The Morgan fingerprint density at radius 1 is 1.14 bits per heavy atom. The van der Waals surface area contributed by atoms with Crippen LogP contribution in [0.25, 0.3) is 0 Å². The van der Waals surface area contributed by atoms with Crippen LogP contribution in [0.1, 0.15) is 20.3 Å².